The lowest BCUT2D eigenvalue weighted by molar-refractivity contribution is -0.135. The monoisotopic (exact) mass is 255 g/mol. The maximum Gasteiger partial charge on any atom is 0.331 e. The molecule has 0 unspecified atom stereocenters. The zero-order valence-corrected chi connectivity index (χ0v) is 11.0. The number of carbonyl (C=O) groups is 2. The van der Waals surface area contributed by atoms with Crippen LogP contribution in [0, 0.1) is 0 Å². The predicted molar refractivity (Wildman–Crippen MR) is 67.1 cm³/mol. The Hall–Kier alpha value is -1.36. The molecule has 1 saturated carbocycles. The van der Waals surface area contributed by atoms with E-state index in [4.69, 9.17) is 10.2 Å². The smallest absolute Gasteiger partial charge is 0.331 e. The molecule has 0 heterocycles. The molecule has 0 bridgehead atoms. The number of hydrogen-bond acceptors (Lipinski definition) is 3. The molecule has 0 saturated heterocycles. The highest BCUT2D eigenvalue weighted by molar-refractivity contribution is 6.01. The van der Waals surface area contributed by atoms with Crippen molar-refractivity contribution >= 4 is 11.9 Å². The van der Waals surface area contributed by atoms with Crippen LogP contribution in [0.2, 0.25) is 0 Å². The highest BCUT2D eigenvalue weighted by Crippen LogP contribution is 2.26. The van der Waals surface area contributed by atoms with Crippen LogP contribution in [0.4, 0.5) is 0 Å². The summed E-state index contributed by atoms with van der Waals surface area (Å²) in [6.07, 6.45) is 3.57. The summed E-state index contributed by atoms with van der Waals surface area (Å²) in [6.45, 7) is 3.53. The first-order valence-electron chi connectivity index (χ1n) is 6.31. The average Bonchev–Trinajstić information content (AvgIpc) is 2.28. The first-order chi connectivity index (χ1) is 8.49. The minimum atomic E-state index is -1.06. The summed E-state index contributed by atoms with van der Waals surface area (Å²) in [5.74, 6) is -1.27. The summed E-state index contributed by atoms with van der Waals surface area (Å²) >= 11 is 0. The summed E-state index contributed by atoms with van der Waals surface area (Å²) in [6, 6.07) is 0.209. The fourth-order valence-corrected chi connectivity index (χ4v) is 1.93. The maximum atomic E-state index is 12.3. The molecule has 5 heteroatoms. The van der Waals surface area contributed by atoms with Gasteiger partial charge in [-0.25, -0.2) is 4.79 Å². The highest BCUT2D eigenvalue weighted by atomic mass is 16.4. The van der Waals surface area contributed by atoms with Crippen LogP contribution in [-0.4, -0.2) is 46.2 Å². The first-order valence-corrected chi connectivity index (χ1v) is 6.31. The van der Waals surface area contributed by atoms with E-state index >= 15 is 0 Å². The molecule has 0 aromatic heterocycles. The zero-order chi connectivity index (χ0) is 13.7. The molecule has 5 nitrogen and oxygen atoms in total. The number of amides is 1. The number of aliphatic carboxylic acids is 1. The van der Waals surface area contributed by atoms with Gasteiger partial charge in [-0.05, 0) is 39.5 Å². The van der Waals surface area contributed by atoms with Gasteiger partial charge in [-0.15, -0.1) is 0 Å². The van der Waals surface area contributed by atoms with Gasteiger partial charge in [0.1, 0.15) is 0 Å². The normalized spacial score (nSPS) is 16.8. The Morgan fingerprint density at radius 3 is 2.22 bits per heavy atom. The molecule has 0 spiro atoms. The van der Waals surface area contributed by atoms with Gasteiger partial charge in [-0.3, -0.25) is 4.79 Å². The van der Waals surface area contributed by atoms with E-state index in [1.807, 2.05) is 0 Å². The minimum absolute atomic E-state index is 0.0389. The van der Waals surface area contributed by atoms with Crippen molar-refractivity contribution in [2.75, 3.05) is 13.2 Å². The molecular formula is C13H21NO4. The molecule has 2 N–H and O–H groups in total. The summed E-state index contributed by atoms with van der Waals surface area (Å²) in [7, 11) is 0. The van der Waals surface area contributed by atoms with Crippen LogP contribution in [-0.2, 0) is 9.59 Å². The molecule has 102 valence electrons. The lowest BCUT2D eigenvalue weighted by atomic mass is 9.90. The number of hydrogen-bond donors (Lipinski definition) is 2. The van der Waals surface area contributed by atoms with Crippen molar-refractivity contribution in [3.05, 3.63) is 11.1 Å². The zero-order valence-electron chi connectivity index (χ0n) is 11.0. The molecular weight excluding hydrogens is 234 g/mol. The van der Waals surface area contributed by atoms with Crippen LogP contribution < -0.4 is 0 Å². The van der Waals surface area contributed by atoms with E-state index in [0.717, 1.165) is 19.3 Å². The molecule has 1 rings (SSSR count). The van der Waals surface area contributed by atoms with Gasteiger partial charge in [0.2, 0.25) is 5.91 Å². The molecule has 0 aromatic carbocycles. The molecule has 18 heavy (non-hydrogen) atoms. The van der Waals surface area contributed by atoms with Crippen molar-refractivity contribution in [3.63, 3.8) is 0 Å². The Morgan fingerprint density at radius 1 is 1.22 bits per heavy atom. The van der Waals surface area contributed by atoms with Gasteiger partial charge in [0.05, 0.1) is 0 Å². The van der Waals surface area contributed by atoms with Crippen molar-refractivity contribution in [2.24, 2.45) is 0 Å². The predicted octanol–water partition coefficient (Wildman–Crippen LogP) is 1.17. The minimum Gasteiger partial charge on any atom is -0.478 e. The highest BCUT2D eigenvalue weighted by Gasteiger charge is 2.29. The van der Waals surface area contributed by atoms with E-state index in [2.05, 4.69) is 0 Å². The van der Waals surface area contributed by atoms with Gasteiger partial charge in [0.25, 0.3) is 0 Å². The molecule has 0 aliphatic heterocycles. The third kappa shape index (κ3) is 3.32. The van der Waals surface area contributed by atoms with Gasteiger partial charge < -0.3 is 15.1 Å². The van der Waals surface area contributed by atoms with Crippen molar-refractivity contribution in [2.45, 2.75) is 45.6 Å². The third-order valence-corrected chi connectivity index (χ3v) is 3.54. The number of carboxylic acids is 1. The first kappa shape index (κ1) is 14.7. The molecule has 1 aliphatic rings. The SMILES string of the molecule is CC(C(=O)O)=C(C)C(=O)N(CCCO)C1CCC1. The quantitative estimate of drug-likeness (QED) is 0.698. The Balaban J connectivity index is 2.81. The van der Waals surface area contributed by atoms with Gasteiger partial charge in [0.15, 0.2) is 0 Å². The second-order valence-corrected chi connectivity index (χ2v) is 4.72. The second kappa shape index (κ2) is 6.54. The molecule has 1 aliphatic carbocycles. The number of aliphatic hydroxyl groups is 1. The van der Waals surface area contributed by atoms with Crippen molar-refractivity contribution in [3.8, 4) is 0 Å². The average molecular weight is 255 g/mol. The van der Waals surface area contributed by atoms with Crippen molar-refractivity contribution in [1.82, 2.24) is 4.90 Å². The summed E-state index contributed by atoms with van der Waals surface area (Å²) in [4.78, 5) is 24.8. The third-order valence-electron chi connectivity index (χ3n) is 3.54. The van der Waals surface area contributed by atoms with Crippen LogP contribution in [0.1, 0.15) is 39.5 Å². The number of rotatable bonds is 6. The van der Waals surface area contributed by atoms with Crippen LogP contribution in [0.3, 0.4) is 0 Å². The Kier molecular flexibility index (Phi) is 5.34. The maximum absolute atomic E-state index is 12.3. The van der Waals surface area contributed by atoms with Crippen molar-refractivity contribution < 1.29 is 19.8 Å². The number of nitrogens with zero attached hydrogens (tertiary/aromatic N) is 1. The molecule has 0 aromatic rings. The molecule has 1 fully saturated rings. The van der Waals surface area contributed by atoms with E-state index in [9.17, 15) is 9.59 Å². The fraction of sp³-hybridized carbons (Fsp3) is 0.692. The fourth-order valence-electron chi connectivity index (χ4n) is 1.93. The molecule has 1 amide bonds. The lowest BCUT2D eigenvalue weighted by Crippen LogP contribution is -2.45. The van der Waals surface area contributed by atoms with E-state index in [-0.39, 0.29) is 29.7 Å². The molecule has 0 atom stereocenters. The number of carbonyl (C=O) groups excluding carboxylic acids is 1. The van der Waals surface area contributed by atoms with Crippen LogP contribution in [0.25, 0.3) is 0 Å². The van der Waals surface area contributed by atoms with Gasteiger partial charge in [0, 0.05) is 30.3 Å². The Morgan fingerprint density at radius 2 is 1.83 bits per heavy atom. The second-order valence-electron chi connectivity index (χ2n) is 4.72. The van der Waals surface area contributed by atoms with Crippen molar-refractivity contribution in [1.29, 1.82) is 0 Å². The standard InChI is InChI=1S/C13H21NO4/c1-9(10(2)13(17)18)12(16)14(7-4-8-15)11-5-3-6-11/h11,15H,3-8H2,1-2H3,(H,17,18). The van der Waals surface area contributed by atoms with E-state index in [1.165, 1.54) is 6.92 Å². The van der Waals surface area contributed by atoms with Crippen LogP contribution in [0.15, 0.2) is 11.1 Å². The molecule has 0 radical (unpaired) electrons. The number of aliphatic hydroxyl groups excluding tert-OH is 1. The summed E-state index contributed by atoms with van der Waals surface area (Å²) in [5.41, 5.74) is 0.376. The van der Waals surface area contributed by atoms with Gasteiger partial charge >= 0.3 is 5.97 Å². The van der Waals surface area contributed by atoms with Gasteiger partial charge in [-0.1, -0.05) is 0 Å². The summed E-state index contributed by atoms with van der Waals surface area (Å²) in [5, 5.41) is 17.8. The lowest BCUT2D eigenvalue weighted by Gasteiger charge is -2.38. The van der Waals surface area contributed by atoms with Crippen LogP contribution >= 0.6 is 0 Å². The Bertz CT molecular complexity index is 358. The Labute approximate surface area is 107 Å². The van der Waals surface area contributed by atoms with E-state index in [1.54, 1.807) is 11.8 Å². The van der Waals surface area contributed by atoms with E-state index < -0.39 is 5.97 Å². The van der Waals surface area contributed by atoms with Gasteiger partial charge in [-0.2, -0.15) is 0 Å². The topological polar surface area (TPSA) is 77.8 Å². The van der Waals surface area contributed by atoms with Crippen LogP contribution in [0.5, 0.6) is 0 Å². The number of carboxylic acid groups (broad SMARTS) is 1. The largest absolute Gasteiger partial charge is 0.478 e. The summed E-state index contributed by atoms with van der Waals surface area (Å²) < 4.78 is 0. The van der Waals surface area contributed by atoms with E-state index in [0.29, 0.717) is 13.0 Å².